The van der Waals surface area contributed by atoms with Crippen LogP contribution in [-0.2, 0) is 18.9 Å². The van der Waals surface area contributed by atoms with Gasteiger partial charge in [0.2, 0.25) is 0 Å². The zero-order valence-electron chi connectivity index (χ0n) is 17.3. The lowest BCUT2D eigenvalue weighted by Crippen LogP contribution is -2.63. The summed E-state index contributed by atoms with van der Waals surface area (Å²) in [5.41, 5.74) is 1.75. The van der Waals surface area contributed by atoms with E-state index in [2.05, 4.69) is 6.92 Å². The van der Waals surface area contributed by atoms with Crippen LogP contribution in [0.25, 0.3) is 0 Å². The van der Waals surface area contributed by atoms with E-state index in [1.54, 1.807) is 0 Å². The van der Waals surface area contributed by atoms with Crippen molar-refractivity contribution < 1.29 is 29.2 Å². The Morgan fingerprint density at radius 1 is 1.07 bits per heavy atom. The number of rotatable bonds is 7. The second-order valence-corrected chi connectivity index (χ2v) is 7.38. The number of aliphatic hydroxyl groups is 2. The van der Waals surface area contributed by atoms with E-state index in [1.165, 1.54) is 0 Å². The van der Waals surface area contributed by atoms with Crippen molar-refractivity contribution in [2.75, 3.05) is 6.61 Å². The minimum Gasteiger partial charge on any atom is -0.394 e. The third kappa shape index (κ3) is 4.97. The van der Waals surface area contributed by atoms with Gasteiger partial charge in [-0.1, -0.05) is 61.9 Å². The second kappa shape index (κ2) is 10.5. The molecule has 0 spiro atoms. The molecule has 7 unspecified atom stereocenters. The van der Waals surface area contributed by atoms with Gasteiger partial charge in [0.15, 0.2) is 12.6 Å². The number of ether oxygens (including phenoxy) is 4. The summed E-state index contributed by atoms with van der Waals surface area (Å²) in [4.78, 5) is 0. The van der Waals surface area contributed by atoms with Crippen molar-refractivity contribution in [2.24, 2.45) is 0 Å². The van der Waals surface area contributed by atoms with E-state index in [4.69, 9.17) is 18.9 Å². The fourth-order valence-corrected chi connectivity index (χ4v) is 3.88. The Morgan fingerprint density at radius 3 is 2.45 bits per heavy atom. The van der Waals surface area contributed by atoms with Crippen molar-refractivity contribution >= 4 is 0 Å². The highest BCUT2D eigenvalue weighted by Crippen LogP contribution is 2.40. The van der Waals surface area contributed by atoms with Crippen LogP contribution in [0.1, 0.15) is 45.5 Å². The van der Waals surface area contributed by atoms with Crippen molar-refractivity contribution in [1.29, 1.82) is 0 Å². The zero-order valence-corrected chi connectivity index (χ0v) is 17.3. The summed E-state index contributed by atoms with van der Waals surface area (Å²) in [5.74, 6) is 0. The fraction of sp³-hybridized carbons (Fsp3) is 0.565. The smallest absolute Gasteiger partial charge is 0.184 e. The maximum Gasteiger partial charge on any atom is 0.184 e. The summed E-state index contributed by atoms with van der Waals surface area (Å²) < 4.78 is 24.9. The lowest BCUT2D eigenvalue weighted by molar-refractivity contribution is -0.381. The predicted molar refractivity (Wildman–Crippen MR) is 109 cm³/mol. The van der Waals surface area contributed by atoms with Gasteiger partial charge in [0.05, 0.1) is 12.7 Å². The highest BCUT2D eigenvalue weighted by Gasteiger charge is 2.51. The van der Waals surface area contributed by atoms with Gasteiger partial charge in [0, 0.05) is 11.1 Å². The molecule has 0 bridgehead atoms. The molecule has 2 aliphatic heterocycles. The van der Waals surface area contributed by atoms with Gasteiger partial charge in [0.25, 0.3) is 0 Å². The third-order valence-corrected chi connectivity index (χ3v) is 5.33. The maximum atomic E-state index is 10.5. The van der Waals surface area contributed by atoms with Crippen molar-refractivity contribution in [1.82, 2.24) is 0 Å². The Balaban J connectivity index is 1.92. The van der Waals surface area contributed by atoms with Gasteiger partial charge in [-0.25, -0.2) is 0 Å². The van der Waals surface area contributed by atoms with E-state index in [0.29, 0.717) is 0 Å². The van der Waals surface area contributed by atoms with Crippen molar-refractivity contribution in [3.63, 3.8) is 0 Å². The lowest BCUT2D eigenvalue weighted by atomic mass is 9.93. The number of benzene rings is 1. The van der Waals surface area contributed by atoms with Gasteiger partial charge in [-0.2, -0.15) is 0 Å². The Labute approximate surface area is 172 Å². The minimum absolute atomic E-state index is 0.215. The molecule has 6 nitrogen and oxygen atoms in total. The van der Waals surface area contributed by atoms with Crippen LogP contribution in [-0.4, -0.2) is 53.6 Å². The zero-order chi connectivity index (χ0) is 20.8. The molecular weight excluding hydrogens is 372 g/mol. The molecule has 0 aliphatic carbocycles. The first-order valence-electron chi connectivity index (χ1n) is 10.4. The summed E-state index contributed by atoms with van der Waals surface area (Å²) in [7, 11) is 0. The molecule has 2 N–H and O–H groups in total. The predicted octanol–water partition coefficient (Wildman–Crippen LogP) is 3.26. The molecule has 0 saturated carbocycles. The Kier molecular flexibility index (Phi) is 8.00. The van der Waals surface area contributed by atoms with Gasteiger partial charge in [-0.15, -0.1) is 0 Å². The molecule has 1 aromatic rings. The Morgan fingerprint density at radius 2 is 1.83 bits per heavy atom. The van der Waals surface area contributed by atoms with Crippen LogP contribution in [0, 0.1) is 0 Å². The van der Waals surface area contributed by atoms with E-state index >= 15 is 0 Å². The molecule has 1 aromatic carbocycles. The average molecular weight is 405 g/mol. The molecule has 3 rings (SSSR count). The second-order valence-electron chi connectivity index (χ2n) is 7.38. The maximum absolute atomic E-state index is 10.5. The first kappa shape index (κ1) is 22.2. The summed E-state index contributed by atoms with van der Waals surface area (Å²) >= 11 is 0. The lowest BCUT2D eigenvalue weighted by Gasteiger charge is -2.50. The molecular formula is C23H32O6. The van der Waals surface area contributed by atoms with Gasteiger partial charge in [-0.05, 0) is 20.3 Å². The topological polar surface area (TPSA) is 77.4 Å². The van der Waals surface area contributed by atoms with E-state index < -0.39 is 43.6 Å². The van der Waals surface area contributed by atoms with Crippen molar-refractivity contribution in [3.8, 4) is 0 Å². The minimum atomic E-state index is -1.09. The molecule has 7 atom stereocenters. The summed E-state index contributed by atoms with van der Waals surface area (Å²) in [6, 6.07) is 9.70. The molecule has 0 radical (unpaired) electrons. The third-order valence-electron chi connectivity index (χ3n) is 5.33. The number of hydrogen-bond donors (Lipinski definition) is 2. The van der Waals surface area contributed by atoms with Gasteiger partial charge in [0.1, 0.15) is 24.4 Å². The van der Waals surface area contributed by atoms with E-state index in [-0.39, 0.29) is 6.10 Å². The number of hydrogen-bond acceptors (Lipinski definition) is 6. The van der Waals surface area contributed by atoms with Gasteiger partial charge in [-0.3, -0.25) is 0 Å². The monoisotopic (exact) mass is 404 g/mol. The SMILES string of the molecule is C/C=C\C(=C/C)C1OC(C(O)CO)C2OC(c3ccccc3)OC(CCC)C2O1. The van der Waals surface area contributed by atoms with Gasteiger partial charge < -0.3 is 29.2 Å². The molecule has 160 valence electrons. The highest BCUT2D eigenvalue weighted by atomic mass is 16.8. The highest BCUT2D eigenvalue weighted by molar-refractivity contribution is 5.22. The normalized spacial score (nSPS) is 34.2. The van der Waals surface area contributed by atoms with Crippen LogP contribution in [0.2, 0.25) is 0 Å². The van der Waals surface area contributed by atoms with Crippen LogP contribution in [0.3, 0.4) is 0 Å². The molecule has 0 amide bonds. The van der Waals surface area contributed by atoms with Crippen LogP contribution < -0.4 is 0 Å². The number of fused-ring (bicyclic) bond motifs is 1. The fourth-order valence-electron chi connectivity index (χ4n) is 3.88. The van der Waals surface area contributed by atoms with E-state index in [0.717, 1.165) is 24.0 Å². The van der Waals surface area contributed by atoms with Crippen LogP contribution in [0.4, 0.5) is 0 Å². The summed E-state index contributed by atoms with van der Waals surface area (Å²) in [6.45, 7) is 5.51. The van der Waals surface area contributed by atoms with Gasteiger partial charge >= 0.3 is 0 Å². The Hall–Kier alpha value is -1.54. The quantitative estimate of drug-likeness (QED) is 0.680. The molecule has 2 saturated heterocycles. The molecule has 2 aliphatic rings. The van der Waals surface area contributed by atoms with Crippen LogP contribution in [0.15, 0.2) is 54.1 Å². The number of allylic oxidation sites excluding steroid dienone is 2. The first-order valence-corrected chi connectivity index (χ1v) is 10.4. The number of aliphatic hydroxyl groups excluding tert-OH is 2. The summed E-state index contributed by atoms with van der Waals surface area (Å²) in [6.07, 6.45) is 3.19. The molecule has 2 heterocycles. The summed E-state index contributed by atoms with van der Waals surface area (Å²) in [5, 5.41) is 20.1. The molecule has 0 aromatic heterocycles. The van der Waals surface area contributed by atoms with Crippen molar-refractivity contribution in [3.05, 3.63) is 59.7 Å². The molecule has 2 fully saturated rings. The van der Waals surface area contributed by atoms with E-state index in [9.17, 15) is 10.2 Å². The molecule has 6 heteroatoms. The van der Waals surface area contributed by atoms with Crippen LogP contribution in [0.5, 0.6) is 0 Å². The van der Waals surface area contributed by atoms with Crippen LogP contribution >= 0.6 is 0 Å². The van der Waals surface area contributed by atoms with Crippen molar-refractivity contribution in [2.45, 2.75) is 76.7 Å². The van der Waals surface area contributed by atoms with E-state index in [1.807, 2.05) is 62.4 Å². The first-order chi connectivity index (χ1) is 14.1. The standard InChI is InChI=1S/C23H32O6/c1-4-10-15(6-3)22-27-19(17(25)14-24)21-20(28-22)18(11-5-2)26-23(29-21)16-12-8-7-9-13-16/h4,6-10,12-13,17-25H,5,11,14H2,1-3H3/b10-4-,15-6+. The largest absolute Gasteiger partial charge is 0.394 e. The average Bonchev–Trinajstić information content (AvgIpc) is 2.77. The Bertz CT molecular complexity index is 688. The molecule has 29 heavy (non-hydrogen) atoms.